The van der Waals surface area contributed by atoms with Crippen molar-refractivity contribution in [3.05, 3.63) is 59.7 Å². The lowest BCUT2D eigenvalue weighted by molar-refractivity contribution is 0.301. The second-order valence-corrected chi connectivity index (χ2v) is 7.05. The summed E-state index contributed by atoms with van der Waals surface area (Å²) in [5.41, 5.74) is 4.02. The van der Waals surface area contributed by atoms with Crippen LogP contribution in [0.1, 0.15) is 11.1 Å². The summed E-state index contributed by atoms with van der Waals surface area (Å²) in [6.45, 7) is 8.82. The van der Waals surface area contributed by atoms with Gasteiger partial charge in [0, 0.05) is 42.6 Å². The van der Waals surface area contributed by atoms with Crippen LogP contribution in [0.2, 0.25) is 0 Å². The van der Waals surface area contributed by atoms with Crippen molar-refractivity contribution >= 4 is 17.4 Å². The highest BCUT2D eigenvalue weighted by molar-refractivity contribution is 7.99. The second kappa shape index (κ2) is 7.21. The average molecular weight is 312 g/mol. The van der Waals surface area contributed by atoms with Gasteiger partial charge in [-0.1, -0.05) is 35.4 Å². The Balaban J connectivity index is 1.47. The fraction of sp³-hybridized carbons (Fsp3) is 0.368. The number of aryl methyl sites for hydroxylation is 2. The summed E-state index contributed by atoms with van der Waals surface area (Å²) in [5.74, 6) is 1.09. The summed E-state index contributed by atoms with van der Waals surface area (Å²) in [5, 5.41) is 0. The maximum absolute atomic E-state index is 2.55. The molecule has 0 unspecified atom stereocenters. The van der Waals surface area contributed by atoms with Gasteiger partial charge in [-0.15, -0.1) is 11.8 Å². The lowest BCUT2D eigenvalue weighted by Crippen LogP contribution is -2.46. The molecule has 1 fully saturated rings. The Hall–Kier alpha value is -1.45. The van der Waals surface area contributed by atoms with E-state index in [2.05, 4.69) is 72.2 Å². The maximum atomic E-state index is 2.55. The molecule has 0 spiro atoms. The van der Waals surface area contributed by atoms with E-state index >= 15 is 0 Å². The molecule has 2 nitrogen and oxygen atoms in total. The Bertz CT molecular complexity index is 584. The predicted octanol–water partition coefficient (Wildman–Crippen LogP) is 4.18. The molecule has 3 heteroatoms. The lowest BCUT2D eigenvalue weighted by Gasteiger charge is -2.36. The third-order valence-corrected chi connectivity index (χ3v) is 5.31. The minimum atomic E-state index is 1.09. The first-order valence-electron chi connectivity index (χ1n) is 7.94. The first kappa shape index (κ1) is 15.4. The Labute approximate surface area is 138 Å². The smallest absolute Gasteiger partial charge is 0.0493 e. The van der Waals surface area contributed by atoms with E-state index in [0.717, 1.165) is 32.1 Å². The molecule has 1 heterocycles. The number of thioether (sulfide) groups is 1. The van der Waals surface area contributed by atoms with E-state index in [9.17, 15) is 0 Å². The monoisotopic (exact) mass is 312 g/mol. The molecule has 0 bridgehead atoms. The Morgan fingerprint density at radius 1 is 0.773 bits per heavy atom. The van der Waals surface area contributed by atoms with Gasteiger partial charge in [0.05, 0.1) is 0 Å². The van der Waals surface area contributed by atoms with Gasteiger partial charge in [0.2, 0.25) is 0 Å². The van der Waals surface area contributed by atoms with Crippen LogP contribution < -0.4 is 4.90 Å². The molecule has 2 aromatic rings. The summed E-state index contributed by atoms with van der Waals surface area (Å²) in [6.07, 6.45) is 0. The molecule has 0 saturated carbocycles. The molecular formula is C19H24N2S. The molecule has 22 heavy (non-hydrogen) atoms. The van der Waals surface area contributed by atoms with Crippen LogP contribution in [0.25, 0.3) is 0 Å². The van der Waals surface area contributed by atoms with Crippen molar-refractivity contribution in [2.75, 3.05) is 37.0 Å². The number of anilines is 1. The topological polar surface area (TPSA) is 6.48 Å². The van der Waals surface area contributed by atoms with Gasteiger partial charge in [0.15, 0.2) is 0 Å². The van der Waals surface area contributed by atoms with E-state index in [1.54, 1.807) is 0 Å². The molecule has 1 saturated heterocycles. The number of nitrogens with zero attached hydrogens (tertiary/aromatic N) is 2. The normalized spacial score (nSPS) is 16.0. The third-order valence-electron chi connectivity index (χ3n) is 4.21. The van der Waals surface area contributed by atoms with Crippen LogP contribution >= 0.6 is 11.8 Å². The van der Waals surface area contributed by atoms with E-state index in [0.29, 0.717) is 0 Å². The van der Waals surface area contributed by atoms with Gasteiger partial charge < -0.3 is 4.90 Å². The van der Waals surface area contributed by atoms with Gasteiger partial charge in [-0.3, -0.25) is 4.90 Å². The summed E-state index contributed by atoms with van der Waals surface area (Å²) < 4.78 is 0. The van der Waals surface area contributed by atoms with Crippen LogP contribution in [0.3, 0.4) is 0 Å². The third kappa shape index (κ3) is 4.05. The summed E-state index contributed by atoms with van der Waals surface area (Å²) in [6, 6.07) is 17.7. The van der Waals surface area contributed by atoms with Crippen molar-refractivity contribution in [3.63, 3.8) is 0 Å². The highest BCUT2D eigenvalue weighted by atomic mass is 32.2. The number of piperazine rings is 1. The van der Waals surface area contributed by atoms with E-state index in [4.69, 9.17) is 0 Å². The first-order valence-corrected chi connectivity index (χ1v) is 8.93. The molecule has 0 N–H and O–H groups in total. The molecule has 0 aromatic heterocycles. The predicted molar refractivity (Wildman–Crippen MR) is 96.9 cm³/mol. The fourth-order valence-electron chi connectivity index (χ4n) is 2.69. The standard InChI is InChI=1S/C19H24N2S/c1-16-3-7-18(8-4-16)21-13-11-20(12-14-21)15-22-19-9-5-17(2)6-10-19/h3-10H,11-15H2,1-2H3. The molecule has 116 valence electrons. The summed E-state index contributed by atoms with van der Waals surface area (Å²) in [4.78, 5) is 6.41. The van der Waals surface area contributed by atoms with Crippen LogP contribution in [0.15, 0.2) is 53.4 Å². The minimum Gasteiger partial charge on any atom is -0.369 e. The molecule has 0 amide bonds. The van der Waals surface area contributed by atoms with Crippen molar-refractivity contribution in [2.45, 2.75) is 18.7 Å². The van der Waals surface area contributed by atoms with Crippen molar-refractivity contribution in [1.82, 2.24) is 4.90 Å². The Kier molecular flexibility index (Phi) is 5.06. The van der Waals surface area contributed by atoms with Crippen LogP contribution in [0.5, 0.6) is 0 Å². The van der Waals surface area contributed by atoms with Crippen molar-refractivity contribution in [2.24, 2.45) is 0 Å². The zero-order chi connectivity index (χ0) is 15.4. The van der Waals surface area contributed by atoms with Crippen molar-refractivity contribution in [3.8, 4) is 0 Å². The zero-order valence-electron chi connectivity index (χ0n) is 13.5. The minimum absolute atomic E-state index is 1.09. The molecule has 0 atom stereocenters. The Morgan fingerprint density at radius 3 is 1.91 bits per heavy atom. The van der Waals surface area contributed by atoms with E-state index in [1.165, 1.54) is 21.7 Å². The van der Waals surface area contributed by atoms with Gasteiger partial charge in [0.25, 0.3) is 0 Å². The van der Waals surface area contributed by atoms with Crippen LogP contribution in [-0.2, 0) is 0 Å². The average Bonchev–Trinajstić information content (AvgIpc) is 2.56. The molecule has 1 aliphatic rings. The lowest BCUT2D eigenvalue weighted by atomic mass is 10.2. The summed E-state index contributed by atoms with van der Waals surface area (Å²) in [7, 11) is 0. The second-order valence-electron chi connectivity index (χ2n) is 6.03. The zero-order valence-corrected chi connectivity index (χ0v) is 14.3. The number of rotatable bonds is 4. The molecule has 1 aliphatic heterocycles. The quantitative estimate of drug-likeness (QED) is 0.782. The van der Waals surface area contributed by atoms with Gasteiger partial charge in [-0.2, -0.15) is 0 Å². The van der Waals surface area contributed by atoms with E-state index in [1.807, 2.05) is 11.8 Å². The van der Waals surface area contributed by atoms with Gasteiger partial charge >= 0.3 is 0 Å². The summed E-state index contributed by atoms with van der Waals surface area (Å²) >= 11 is 1.94. The molecule has 3 rings (SSSR count). The van der Waals surface area contributed by atoms with E-state index < -0.39 is 0 Å². The molecule has 2 aromatic carbocycles. The van der Waals surface area contributed by atoms with Crippen molar-refractivity contribution < 1.29 is 0 Å². The van der Waals surface area contributed by atoms with Crippen molar-refractivity contribution in [1.29, 1.82) is 0 Å². The highest BCUT2D eigenvalue weighted by Gasteiger charge is 2.16. The van der Waals surface area contributed by atoms with Gasteiger partial charge in [-0.25, -0.2) is 0 Å². The van der Waals surface area contributed by atoms with E-state index in [-0.39, 0.29) is 0 Å². The molecule has 0 aliphatic carbocycles. The fourth-order valence-corrected chi connectivity index (χ4v) is 3.61. The highest BCUT2D eigenvalue weighted by Crippen LogP contribution is 2.22. The first-order chi connectivity index (χ1) is 10.7. The molecule has 0 radical (unpaired) electrons. The van der Waals surface area contributed by atoms with Crippen LogP contribution in [0, 0.1) is 13.8 Å². The number of benzene rings is 2. The van der Waals surface area contributed by atoms with Gasteiger partial charge in [-0.05, 0) is 38.1 Å². The number of hydrogen-bond acceptors (Lipinski definition) is 3. The van der Waals surface area contributed by atoms with Crippen LogP contribution in [-0.4, -0.2) is 37.0 Å². The number of hydrogen-bond donors (Lipinski definition) is 0. The van der Waals surface area contributed by atoms with Crippen LogP contribution in [0.4, 0.5) is 5.69 Å². The Morgan fingerprint density at radius 2 is 1.32 bits per heavy atom. The molecular weight excluding hydrogens is 288 g/mol. The SMILES string of the molecule is Cc1ccc(SCN2CCN(c3ccc(C)cc3)CC2)cc1. The maximum Gasteiger partial charge on any atom is 0.0493 e. The van der Waals surface area contributed by atoms with Gasteiger partial charge in [0.1, 0.15) is 0 Å². The largest absolute Gasteiger partial charge is 0.369 e.